The van der Waals surface area contributed by atoms with Crippen molar-refractivity contribution in [2.45, 2.75) is 58.0 Å². The number of primary amides is 1. The summed E-state index contributed by atoms with van der Waals surface area (Å²) in [6.07, 6.45) is 3.43. The topological polar surface area (TPSA) is 169 Å². The Morgan fingerprint density at radius 3 is 2.27 bits per heavy atom. The van der Waals surface area contributed by atoms with Crippen LogP contribution in [-0.2, 0) is 30.4 Å². The number of nitrogens with two attached hydrogens (primary N) is 1. The second kappa shape index (κ2) is 12.3. The third kappa shape index (κ3) is 8.80. The highest BCUT2D eigenvalue weighted by Crippen LogP contribution is 2.14. The molecular weight excluding hydrogens is 392 g/mol. The van der Waals surface area contributed by atoms with E-state index in [4.69, 9.17) is 10.8 Å². The van der Waals surface area contributed by atoms with Gasteiger partial charge >= 0.3 is 5.97 Å². The van der Waals surface area contributed by atoms with Crippen molar-refractivity contribution in [3.05, 3.63) is 30.1 Å². The standard InChI is InChI=1S/C20H28N4O6/c1-3-4-14(19(28)24-15(20(29)30)11-17(21)26)10-16(25)12(2)23-18(27)9-13-5-7-22-8-6-13/h5-8,12,14-15H,3-4,9-11H2,1-2H3,(H2,21,26)(H,23,27)(H,24,28)(H,29,30)/t12-,14-,15-/m0/s1. The summed E-state index contributed by atoms with van der Waals surface area (Å²) in [6, 6.07) is 1.12. The largest absolute Gasteiger partial charge is 0.480 e. The average molecular weight is 420 g/mol. The molecule has 0 radical (unpaired) electrons. The Morgan fingerprint density at radius 2 is 1.73 bits per heavy atom. The molecule has 0 aliphatic carbocycles. The number of carbonyl (C=O) groups excluding carboxylic acids is 4. The van der Waals surface area contributed by atoms with E-state index in [1.54, 1.807) is 24.5 Å². The molecule has 1 heterocycles. The van der Waals surface area contributed by atoms with Crippen LogP contribution in [0, 0.1) is 5.92 Å². The number of nitrogens with zero attached hydrogens (tertiary/aromatic N) is 1. The molecule has 1 rings (SSSR count). The van der Waals surface area contributed by atoms with Gasteiger partial charge in [0.05, 0.1) is 18.9 Å². The Kier molecular flexibility index (Phi) is 10.1. The van der Waals surface area contributed by atoms with Gasteiger partial charge in [0.2, 0.25) is 17.7 Å². The number of rotatable bonds is 13. The number of carbonyl (C=O) groups is 5. The number of nitrogens with one attached hydrogen (secondary N) is 2. The summed E-state index contributed by atoms with van der Waals surface area (Å²) in [4.78, 5) is 63.2. The normalized spacial score (nSPS) is 13.5. The van der Waals surface area contributed by atoms with Crippen LogP contribution in [0.15, 0.2) is 24.5 Å². The van der Waals surface area contributed by atoms with E-state index in [0.717, 1.165) is 5.56 Å². The van der Waals surface area contributed by atoms with Crippen LogP contribution in [0.4, 0.5) is 0 Å². The van der Waals surface area contributed by atoms with E-state index in [0.29, 0.717) is 12.8 Å². The summed E-state index contributed by atoms with van der Waals surface area (Å²) in [6.45, 7) is 3.35. The van der Waals surface area contributed by atoms with E-state index < -0.39 is 42.2 Å². The Hall–Kier alpha value is -3.30. The highest BCUT2D eigenvalue weighted by Gasteiger charge is 2.29. The summed E-state index contributed by atoms with van der Waals surface area (Å²) in [7, 11) is 0. The molecule has 0 aromatic carbocycles. The lowest BCUT2D eigenvalue weighted by atomic mass is 9.93. The Balaban J connectivity index is 2.67. The molecule has 0 saturated heterocycles. The number of Topliss-reactive ketones (excluding diaryl/α,β-unsaturated/α-hetero) is 1. The van der Waals surface area contributed by atoms with Gasteiger partial charge in [0.15, 0.2) is 5.78 Å². The van der Waals surface area contributed by atoms with Gasteiger partial charge < -0.3 is 21.5 Å². The SMILES string of the molecule is CCC[C@@H](CC(=O)[C@H](C)NC(=O)Cc1ccncc1)C(=O)N[C@@H](CC(N)=O)C(=O)O. The van der Waals surface area contributed by atoms with Crippen molar-refractivity contribution in [1.82, 2.24) is 15.6 Å². The molecular formula is C20H28N4O6. The molecule has 0 saturated carbocycles. The van der Waals surface area contributed by atoms with Crippen LogP contribution in [0.25, 0.3) is 0 Å². The predicted molar refractivity (Wildman–Crippen MR) is 107 cm³/mol. The Bertz CT molecular complexity index is 768. The summed E-state index contributed by atoms with van der Waals surface area (Å²) < 4.78 is 0. The lowest BCUT2D eigenvalue weighted by Gasteiger charge is -2.21. The highest BCUT2D eigenvalue weighted by atomic mass is 16.4. The van der Waals surface area contributed by atoms with Crippen LogP contribution >= 0.6 is 0 Å². The van der Waals surface area contributed by atoms with Crippen molar-refractivity contribution in [3.63, 3.8) is 0 Å². The first-order chi connectivity index (χ1) is 14.1. The van der Waals surface area contributed by atoms with Gasteiger partial charge in [0, 0.05) is 24.7 Å². The van der Waals surface area contributed by atoms with E-state index in [9.17, 15) is 24.0 Å². The Labute approximate surface area is 174 Å². The maximum atomic E-state index is 12.5. The number of carboxylic acid groups (broad SMARTS) is 1. The highest BCUT2D eigenvalue weighted by molar-refractivity contribution is 5.94. The third-order valence-corrected chi connectivity index (χ3v) is 4.45. The lowest BCUT2D eigenvalue weighted by molar-refractivity contribution is -0.144. The predicted octanol–water partition coefficient (Wildman–Crippen LogP) is -0.0509. The van der Waals surface area contributed by atoms with E-state index in [-0.39, 0.29) is 24.5 Å². The molecule has 30 heavy (non-hydrogen) atoms. The van der Waals surface area contributed by atoms with Gasteiger partial charge in [-0.25, -0.2) is 4.79 Å². The number of aliphatic carboxylic acids is 1. The number of ketones is 1. The number of hydrogen-bond donors (Lipinski definition) is 4. The van der Waals surface area contributed by atoms with E-state index in [2.05, 4.69) is 15.6 Å². The molecule has 0 aliphatic heterocycles. The van der Waals surface area contributed by atoms with Gasteiger partial charge in [-0.1, -0.05) is 13.3 Å². The molecule has 0 unspecified atom stereocenters. The van der Waals surface area contributed by atoms with E-state index in [1.165, 1.54) is 6.92 Å². The second-order valence-electron chi connectivity index (χ2n) is 7.05. The number of carboxylic acids is 1. The smallest absolute Gasteiger partial charge is 0.326 e. The van der Waals surface area contributed by atoms with Crippen molar-refractivity contribution < 1.29 is 29.1 Å². The minimum Gasteiger partial charge on any atom is -0.480 e. The summed E-state index contributed by atoms with van der Waals surface area (Å²) in [5, 5.41) is 14.0. The van der Waals surface area contributed by atoms with Crippen molar-refractivity contribution in [1.29, 1.82) is 0 Å². The molecule has 3 atom stereocenters. The van der Waals surface area contributed by atoms with E-state index >= 15 is 0 Å². The summed E-state index contributed by atoms with van der Waals surface area (Å²) in [5.41, 5.74) is 5.76. The minimum atomic E-state index is -1.46. The summed E-state index contributed by atoms with van der Waals surface area (Å²) in [5.74, 6) is -4.37. The molecule has 10 nitrogen and oxygen atoms in total. The number of aromatic nitrogens is 1. The van der Waals surface area contributed by atoms with Crippen LogP contribution in [0.1, 0.15) is 45.1 Å². The summed E-state index contributed by atoms with van der Waals surface area (Å²) >= 11 is 0. The maximum Gasteiger partial charge on any atom is 0.326 e. The van der Waals surface area contributed by atoms with Crippen molar-refractivity contribution in [2.24, 2.45) is 11.7 Å². The zero-order chi connectivity index (χ0) is 22.7. The molecule has 0 aliphatic rings. The zero-order valence-electron chi connectivity index (χ0n) is 17.1. The molecule has 5 N–H and O–H groups in total. The molecule has 0 bridgehead atoms. The maximum absolute atomic E-state index is 12.5. The molecule has 3 amide bonds. The molecule has 164 valence electrons. The van der Waals surface area contributed by atoms with Gasteiger partial charge in [0.1, 0.15) is 6.04 Å². The molecule has 10 heteroatoms. The first-order valence-corrected chi connectivity index (χ1v) is 9.66. The van der Waals surface area contributed by atoms with Gasteiger partial charge in [-0.3, -0.25) is 24.2 Å². The van der Waals surface area contributed by atoms with Crippen LogP contribution < -0.4 is 16.4 Å². The van der Waals surface area contributed by atoms with Gasteiger partial charge in [-0.2, -0.15) is 0 Å². The van der Waals surface area contributed by atoms with Crippen molar-refractivity contribution in [3.8, 4) is 0 Å². The van der Waals surface area contributed by atoms with Crippen molar-refractivity contribution in [2.75, 3.05) is 0 Å². The molecule has 0 spiro atoms. The molecule has 0 fully saturated rings. The van der Waals surface area contributed by atoms with E-state index in [1.807, 2.05) is 6.92 Å². The number of hydrogen-bond acceptors (Lipinski definition) is 6. The third-order valence-electron chi connectivity index (χ3n) is 4.45. The molecule has 1 aromatic rings. The monoisotopic (exact) mass is 420 g/mol. The fraction of sp³-hybridized carbons (Fsp3) is 0.500. The van der Waals surface area contributed by atoms with Gasteiger partial charge in [0.25, 0.3) is 0 Å². The number of amides is 3. The Morgan fingerprint density at radius 1 is 1.10 bits per heavy atom. The van der Waals surface area contributed by atoms with Crippen LogP contribution in [-0.4, -0.2) is 51.6 Å². The first-order valence-electron chi connectivity index (χ1n) is 9.66. The fourth-order valence-electron chi connectivity index (χ4n) is 2.84. The zero-order valence-corrected chi connectivity index (χ0v) is 17.1. The van der Waals surface area contributed by atoms with Gasteiger partial charge in [-0.15, -0.1) is 0 Å². The lowest BCUT2D eigenvalue weighted by Crippen LogP contribution is -2.47. The average Bonchev–Trinajstić information content (AvgIpc) is 2.67. The van der Waals surface area contributed by atoms with Gasteiger partial charge in [-0.05, 0) is 31.0 Å². The van der Waals surface area contributed by atoms with Crippen LogP contribution in [0.3, 0.4) is 0 Å². The van der Waals surface area contributed by atoms with Crippen LogP contribution in [0.2, 0.25) is 0 Å². The first kappa shape index (κ1) is 24.7. The second-order valence-corrected chi connectivity index (χ2v) is 7.05. The van der Waals surface area contributed by atoms with Crippen molar-refractivity contribution >= 4 is 29.5 Å². The quantitative estimate of drug-likeness (QED) is 0.347. The number of pyridine rings is 1. The fourth-order valence-corrected chi connectivity index (χ4v) is 2.84. The van der Waals surface area contributed by atoms with Crippen LogP contribution in [0.5, 0.6) is 0 Å². The molecule has 1 aromatic heterocycles. The minimum absolute atomic E-state index is 0.0897.